The summed E-state index contributed by atoms with van der Waals surface area (Å²) in [5.41, 5.74) is 2.92. The number of piperidine rings is 1. The van der Waals surface area contributed by atoms with Gasteiger partial charge in [0.05, 0.1) is 18.2 Å². The number of amides is 2. The number of benzene rings is 1. The number of thiazole rings is 1. The Labute approximate surface area is 164 Å². The number of rotatable bonds is 5. The van der Waals surface area contributed by atoms with Gasteiger partial charge >= 0.3 is 0 Å². The molecule has 1 unspecified atom stereocenters. The van der Waals surface area contributed by atoms with E-state index in [1.54, 1.807) is 0 Å². The Morgan fingerprint density at radius 1 is 1.19 bits per heavy atom. The number of hydrogen-bond donors (Lipinski definition) is 2. The Hall–Kier alpha value is -2.25. The van der Waals surface area contributed by atoms with Crippen LogP contribution in [0.4, 0.5) is 10.8 Å². The summed E-state index contributed by atoms with van der Waals surface area (Å²) < 4.78 is 0. The molecule has 1 aromatic heterocycles. The van der Waals surface area contributed by atoms with Crippen molar-refractivity contribution in [2.45, 2.75) is 33.6 Å². The average molecular weight is 387 g/mol. The van der Waals surface area contributed by atoms with Crippen molar-refractivity contribution >= 4 is 34.0 Å². The van der Waals surface area contributed by atoms with Crippen molar-refractivity contribution < 1.29 is 9.59 Å². The summed E-state index contributed by atoms with van der Waals surface area (Å²) in [6.45, 7) is 7.66. The van der Waals surface area contributed by atoms with Gasteiger partial charge in [-0.3, -0.25) is 14.5 Å². The first-order valence-corrected chi connectivity index (χ1v) is 10.1. The largest absolute Gasteiger partial charge is 0.326 e. The molecule has 6 nitrogen and oxygen atoms in total. The van der Waals surface area contributed by atoms with E-state index in [0.717, 1.165) is 41.2 Å². The van der Waals surface area contributed by atoms with Crippen LogP contribution >= 0.6 is 11.3 Å². The molecule has 2 N–H and O–H groups in total. The van der Waals surface area contributed by atoms with Gasteiger partial charge in [0.15, 0.2) is 5.13 Å². The van der Waals surface area contributed by atoms with E-state index < -0.39 is 0 Å². The van der Waals surface area contributed by atoms with Crippen LogP contribution in [0.25, 0.3) is 0 Å². The molecule has 1 saturated heterocycles. The Morgan fingerprint density at radius 2 is 1.93 bits per heavy atom. The van der Waals surface area contributed by atoms with E-state index in [-0.39, 0.29) is 24.3 Å². The molecule has 27 heavy (non-hydrogen) atoms. The second-order valence-electron chi connectivity index (χ2n) is 7.14. The molecule has 144 valence electrons. The minimum atomic E-state index is -0.0998. The zero-order valence-electron chi connectivity index (χ0n) is 16.0. The smallest absolute Gasteiger partial charge is 0.240 e. The van der Waals surface area contributed by atoms with Crippen LogP contribution in [0.5, 0.6) is 0 Å². The van der Waals surface area contributed by atoms with Crippen LogP contribution < -0.4 is 10.6 Å². The van der Waals surface area contributed by atoms with Gasteiger partial charge in [0.2, 0.25) is 11.8 Å². The van der Waals surface area contributed by atoms with Crippen LogP contribution in [-0.4, -0.2) is 41.3 Å². The van der Waals surface area contributed by atoms with E-state index in [2.05, 4.69) is 15.6 Å². The van der Waals surface area contributed by atoms with Crippen molar-refractivity contribution in [3.63, 3.8) is 0 Å². The lowest BCUT2D eigenvalue weighted by atomic mass is 9.97. The maximum Gasteiger partial charge on any atom is 0.240 e. The van der Waals surface area contributed by atoms with Gasteiger partial charge in [-0.15, -0.1) is 11.3 Å². The van der Waals surface area contributed by atoms with E-state index in [0.29, 0.717) is 11.7 Å². The molecular weight excluding hydrogens is 360 g/mol. The fraction of sp³-hybridized carbons (Fsp3) is 0.450. The van der Waals surface area contributed by atoms with Crippen molar-refractivity contribution in [2.24, 2.45) is 5.92 Å². The van der Waals surface area contributed by atoms with Crippen molar-refractivity contribution in [3.05, 3.63) is 40.4 Å². The number of carbonyl (C=O) groups excluding carboxylic acids is 2. The van der Waals surface area contributed by atoms with E-state index in [9.17, 15) is 9.59 Å². The first-order valence-electron chi connectivity index (χ1n) is 9.24. The number of nitrogens with one attached hydrogen (secondary N) is 2. The summed E-state index contributed by atoms with van der Waals surface area (Å²) in [7, 11) is 0. The number of likely N-dealkylation sites (tertiary alicyclic amines) is 1. The fourth-order valence-corrected chi connectivity index (χ4v) is 4.01. The predicted molar refractivity (Wildman–Crippen MR) is 109 cm³/mol. The second-order valence-corrected chi connectivity index (χ2v) is 8.34. The van der Waals surface area contributed by atoms with Crippen LogP contribution in [0, 0.1) is 26.7 Å². The molecule has 1 aromatic carbocycles. The van der Waals surface area contributed by atoms with Gasteiger partial charge in [0.1, 0.15) is 0 Å². The Kier molecular flexibility index (Phi) is 6.23. The third kappa shape index (κ3) is 5.37. The molecule has 7 heteroatoms. The lowest BCUT2D eigenvalue weighted by Gasteiger charge is -2.31. The Morgan fingerprint density at radius 3 is 2.59 bits per heavy atom. The molecule has 1 aliphatic rings. The van der Waals surface area contributed by atoms with Crippen molar-refractivity contribution in [3.8, 4) is 0 Å². The maximum absolute atomic E-state index is 12.6. The summed E-state index contributed by atoms with van der Waals surface area (Å²) in [6.07, 6.45) is 1.76. The summed E-state index contributed by atoms with van der Waals surface area (Å²) in [6, 6.07) is 7.79. The number of aromatic nitrogens is 1. The minimum Gasteiger partial charge on any atom is -0.326 e. The highest BCUT2D eigenvalue weighted by atomic mass is 32.1. The van der Waals surface area contributed by atoms with Crippen LogP contribution in [-0.2, 0) is 9.59 Å². The molecule has 0 spiro atoms. The van der Waals surface area contributed by atoms with Crippen molar-refractivity contribution in [1.82, 2.24) is 9.88 Å². The molecule has 2 heterocycles. The lowest BCUT2D eigenvalue weighted by Crippen LogP contribution is -2.43. The molecule has 1 aliphatic heterocycles. The molecule has 1 atom stereocenters. The third-order valence-electron chi connectivity index (χ3n) is 4.84. The number of hydrogen-bond acceptors (Lipinski definition) is 5. The van der Waals surface area contributed by atoms with Crippen LogP contribution in [0.15, 0.2) is 24.3 Å². The SMILES string of the molecule is Cc1ccc(NC(=O)C2CCCN(CC(=O)Nc3nc(C)c(C)s3)C2)cc1. The van der Waals surface area contributed by atoms with Gasteiger partial charge in [-0.2, -0.15) is 0 Å². The van der Waals surface area contributed by atoms with E-state index in [1.165, 1.54) is 11.3 Å². The van der Waals surface area contributed by atoms with Gasteiger partial charge in [-0.1, -0.05) is 17.7 Å². The Balaban J connectivity index is 1.51. The highest BCUT2D eigenvalue weighted by Crippen LogP contribution is 2.22. The van der Waals surface area contributed by atoms with Gasteiger partial charge in [0.25, 0.3) is 0 Å². The van der Waals surface area contributed by atoms with Crippen molar-refractivity contribution in [1.29, 1.82) is 0 Å². The van der Waals surface area contributed by atoms with Gasteiger partial charge in [0, 0.05) is 17.1 Å². The molecule has 2 aromatic rings. The van der Waals surface area contributed by atoms with Crippen LogP contribution in [0.3, 0.4) is 0 Å². The monoisotopic (exact) mass is 386 g/mol. The minimum absolute atomic E-state index is 0.0233. The number of nitrogens with zero attached hydrogens (tertiary/aromatic N) is 2. The topological polar surface area (TPSA) is 74.3 Å². The van der Waals surface area contributed by atoms with Gasteiger partial charge in [-0.25, -0.2) is 4.98 Å². The first kappa shape index (κ1) is 19.5. The van der Waals surface area contributed by atoms with Crippen LogP contribution in [0.1, 0.15) is 29.0 Å². The standard InChI is InChI=1S/C20H26N4O2S/c1-13-6-8-17(9-7-13)22-19(26)16-5-4-10-24(11-16)12-18(25)23-20-21-14(2)15(3)27-20/h6-9,16H,4-5,10-12H2,1-3H3,(H,22,26)(H,21,23,25). The summed E-state index contributed by atoms with van der Waals surface area (Å²) in [4.78, 5) is 32.4. The summed E-state index contributed by atoms with van der Waals surface area (Å²) in [5.74, 6) is -0.157. The molecule has 0 radical (unpaired) electrons. The van der Waals surface area contributed by atoms with E-state index in [1.807, 2.05) is 49.9 Å². The summed E-state index contributed by atoms with van der Waals surface area (Å²) >= 11 is 1.49. The number of aryl methyl sites for hydroxylation is 3. The predicted octanol–water partition coefficient (Wildman–Crippen LogP) is 3.36. The molecule has 1 fully saturated rings. The lowest BCUT2D eigenvalue weighted by molar-refractivity contribution is -0.123. The van der Waals surface area contributed by atoms with E-state index in [4.69, 9.17) is 0 Å². The molecule has 0 bridgehead atoms. The molecule has 0 saturated carbocycles. The third-order valence-corrected chi connectivity index (χ3v) is 5.83. The maximum atomic E-state index is 12.6. The van der Waals surface area contributed by atoms with Gasteiger partial charge in [-0.05, 0) is 52.3 Å². The molecular formula is C20H26N4O2S. The van der Waals surface area contributed by atoms with Crippen LogP contribution in [0.2, 0.25) is 0 Å². The van der Waals surface area contributed by atoms with Crippen molar-refractivity contribution in [2.75, 3.05) is 30.3 Å². The molecule has 2 amide bonds. The summed E-state index contributed by atoms with van der Waals surface area (Å²) in [5, 5.41) is 6.49. The van der Waals surface area contributed by atoms with Gasteiger partial charge < -0.3 is 10.6 Å². The molecule has 0 aliphatic carbocycles. The number of carbonyl (C=O) groups is 2. The second kappa shape index (κ2) is 8.63. The fourth-order valence-electron chi connectivity index (χ4n) is 3.18. The average Bonchev–Trinajstić information content (AvgIpc) is 2.94. The highest BCUT2D eigenvalue weighted by Gasteiger charge is 2.27. The highest BCUT2D eigenvalue weighted by molar-refractivity contribution is 7.15. The van der Waals surface area contributed by atoms with E-state index >= 15 is 0 Å². The zero-order valence-corrected chi connectivity index (χ0v) is 16.9. The number of anilines is 2. The quantitative estimate of drug-likeness (QED) is 0.826. The normalized spacial score (nSPS) is 17.5. The Bertz CT molecular complexity index is 796. The zero-order chi connectivity index (χ0) is 19.4. The first-order chi connectivity index (χ1) is 12.9. The molecule has 3 rings (SSSR count).